The number of phenolic OH excluding ortho intramolecular Hbond substituents is 2. The molecule has 18 heteroatoms. The summed E-state index contributed by atoms with van der Waals surface area (Å²) in [4.78, 5) is 54.4. The van der Waals surface area contributed by atoms with Gasteiger partial charge in [-0.15, -0.1) is 0 Å². The molecule has 1 aliphatic heterocycles. The van der Waals surface area contributed by atoms with Crippen molar-refractivity contribution in [3.63, 3.8) is 0 Å². The van der Waals surface area contributed by atoms with Crippen molar-refractivity contribution in [1.82, 2.24) is 21.3 Å². The van der Waals surface area contributed by atoms with E-state index in [1.807, 2.05) is 72.8 Å². The number of benzene rings is 6. The van der Waals surface area contributed by atoms with Gasteiger partial charge in [-0.25, -0.2) is 9.59 Å². The lowest BCUT2D eigenvalue weighted by Gasteiger charge is -2.21. The fourth-order valence-corrected chi connectivity index (χ4v) is 9.49. The molecular weight excluding hydrogens is 1150 g/mol. The summed E-state index contributed by atoms with van der Waals surface area (Å²) in [6.45, 7) is 0.344. The molecule has 0 aliphatic carbocycles. The highest BCUT2D eigenvalue weighted by atomic mass is 79.9. The third-order valence-corrected chi connectivity index (χ3v) is 13.3. The number of carbonyl (C=O) groups excluding carboxylic acids is 4. The molecule has 2 atom stereocenters. The second kappa shape index (κ2) is 24.5. The molecule has 0 radical (unpaired) electrons. The molecule has 0 saturated heterocycles. The van der Waals surface area contributed by atoms with Crippen molar-refractivity contribution >= 4 is 87.7 Å². The van der Waals surface area contributed by atoms with E-state index < -0.39 is 36.1 Å². The summed E-state index contributed by atoms with van der Waals surface area (Å²) in [6.07, 6.45) is -0.574. The van der Waals surface area contributed by atoms with Crippen LogP contribution in [0.2, 0.25) is 0 Å². The number of carbonyl (C=O) groups is 4. The fourth-order valence-electron chi connectivity index (χ4n) is 7.40. The standard InChI is InChI=1S/C51H46Br4N4O10/c52-38-21-30(11-13-44(38)60)15-17-56-48(62)42(58-50(64)66-27-32-7-3-1-4-8-32)25-34-19-36-37-20-35(24-41(55)47(37)69-29-68-46(36)40(54)23-34)26-43(59-51(65)67-28-33-9-5-2-6-10-33)49(63)57-18-16-31-12-14-45(61)39(53)22-31/h1-14,19-24,42-43,60-61H,15-18,25-29H2,(H,56,62)(H,57,63)(H,58,64)(H,59,65)/t42-,43-/m0/s1. The maximum atomic E-state index is 13.9. The van der Waals surface area contributed by atoms with Gasteiger partial charge in [0.1, 0.15) is 48.3 Å². The van der Waals surface area contributed by atoms with Crippen molar-refractivity contribution in [1.29, 1.82) is 0 Å². The predicted octanol–water partition coefficient (Wildman–Crippen LogP) is 9.94. The first-order valence-electron chi connectivity index (χ1n) is 21.6. The highest BCUT2D eigenvalue weighted by Crippen LogP contribution is 2.47. The molecule has 0 fully saturated rings. The third-order valence-electron chi connectivity index (χ3n) is 10.9. The van der Waals surface area contributed by atoms with E-state index in [1.165, 1.54) is 0 Å². The maximum Gasteiger partial charge on any atom is 0.408 e. The molecule has 6 aromatic carbocycles. The summed E-state index contributed by atoms with van der Waals surface area (Å²) in [5.41, 5.74) is 5.77. The van der Waals surface area contributed by atoms with Gasteiger partial charge in [-0.2, -0.15) is 0 Å². The highest BCUT2D eigenvalue weighted by molar-refractivity contribution is 9.11. The Balaban J connectivity index is 1.13. The smallest absolute Gasteiger partial charge is 0.408 e. The summed E-state index contributed by atoms with van der Waals surface area (Å²) in [5, 5.41) is 31.2. The molecule has 6 N–H and O–H groups in total. The molecule has 0 aromatic heterocycles. The molecule has 69 heavy (non-hydrogen) atoms. The lowest BCUT2D eigenvalue weighted by atomic mass is 9.94. The zero-order valence-electron chi connectivity index (χ0n) is 36.7. The van der Waals surface area contributed by atoms with E-state index in [9.17, 15) is 29.4 Å². The van der Waals surface area contributed by atoms with Gasteiger partial charge in [-0.3, -0.25) is 9.59 Å². The average Bonchev–Trinajstić information content (AvgIpc) is 3.52. The molecule has 7 rings (SSSR count). The molecule has 0 bridgehead atoms. The average molecular weight is 1190 g/mol. The predicted molar refractivity (Wildman–Crippen MR) is 273 cm³/mol. The van der Waals surface area contributed by atoms with Crippen LogP contribution in [0.4, 0.5) is 9.59 Å². The normalized spacial score (nSPS) is 12.3. The Bertz CT molecular complexity index is 2610. The summed E-state index contributed by atoms with van der Waals surface area (Å²) < 4.78 is 25.4. The number of nitrogens with one attached hydrogen (secondary N) is 4. The number of fused-ring (bicyclic) bond motifs is 3. The molecule has 0 unspecified atom stereocenters. The minimum Gasteiger partial charge on any atom is -0.507 e. The first-order valence-corrected chi connectivity index (χ1v) is 24.8. The van der Waals surface area contributed by atoms with E-state index in [2.05, 4.69) is 85.0 Å². The first-order chi connectivity index (χ1) is 33.3. The number of ether oxygens (including phenoxy) is 4. The number of phenols is 2. The largest absolute Gasteiger partial charge is 0.507 e. The van der Waals surface area contributed by atoms with Gasteiger partial charge >= 0.3 is 12.2 Å². The van der Waals surface area contributed by atoms with Crippen LogP contribution < -0.4 is 30.7 Å². The van der Waals surface area contributed by atoms with Gasteiger partial charge in [0, 0.05) is 37.1 Å². The van der Waals surface area contributed by atoms with Gasteiger partial charge in [0.05, 0.1) is 17.9 Å². The van der Waals surface area contributed by atoms with Crippen LogP contribution in [0.15, 0.2) is 139 Å². The molecular formula is C51H46Br4N4O10. The minimum atomic E-state index is -1.08. The molecule has 1 aliphatic rings. The molecule has 1 heterocycles. The quantitative estimate of drug-likeness (QED) is 0.0483. The van der Waals surface area contributed by atoms with Crippen molar-refractivity contribution in [3.8, 4) is 34.1 Å². The Morgan fingerprint density at radius 1 is 0.507 bits per heavy atom. The molecule has 0 saturated carbocycles. The van der Waals surface area contributed by atoms with E-state index in [0.29, 0.717) is 64.5 Å². The Labute approximate surface area is 432 Å². The lowest BCUT2D eigenvalue weighted by Crippen LogP contribution is -2.48. The van der Waals surface area contributed by atoms with Crippen molar-refractivity contribution in [2.75, 3.05) is 19.9 Å². The Kier molecular flexibility index (Phi) is 18.0. The lowest BCUT2D eigenvalue weighted by molar-refractivity contribution is -0.123. The number of hydrogen-bond donors (Lipinski definition) is 6. The van der Waals surface area contributed by atoms with E-state index in [-0.39, 0.29) is 57.4 Å². The molecule has 0 spiro atoms. The Hall–Kier alpha value is -6.08. The van der Waals surface area contributed by atoms with E-state index in [4.69, 9.17) is 18.9 Å². The van der Waals surface area contributed by atoms with Crippen molar-refractivity contribution in [2.24, 2.45) is 0 Å². The van der Waals surface area contributed by atoms with Gasteiger partial charge in [-0.1, -0.05) is 72.8 Å². The van der Waals surface area contributed by atoms with Gasteiger partial charge < -0.3 is 50.4 Å². The number of alkyl carbamates (subject to hydrolysis) is 2. The van der Waals surface area contributed by atoms with E-state index in [1.54, 1.807) is 48.5 Å². The number of amides is 4. The monoisotopic (exact) mass is 1190 g/mol. The number of rotatable bonds is 18. The van der Waals surface area contributed by atoms with Crippen LogP contribution in [0.3, 0.4) is 0 Å². The van der Waals surface area contributed by atoms with Crippen LogP contribution in [0.5, 0.6) is 23.0 Å². The molecule has 4 amide bonds. The minimum absolute atomic E-state index is 0.00263. The SMILES string of the molecule is O=C(N[C@@H](Cc1cc(Br)c2c(c1)-c1cc(C[C@H](NC(=O)OCc3ccccc3)C(=O)NCCc3ccc(O)c(Br)c3)cc(Br)c1OCO2)C(=O)NCCc1ccc(O)c(Br)c1)OCc1ccccc1. The van der Waals surface area contributed by atoms with Gasteiger partial charge in [0.15, 0.2) is 0 Å². The summed E-state index contributed by atoms with van der Waals surface area (Å²) >= 11 is 14.0. The highest BCUT2D eigenvalue weighted by Gasteiger charge is 2.28. The van der Waals surface area contributed by atoms with Crippen LogP contribution in [0, 0.1) is 0 Å². The molecule has 14 nitrogen and oxygen atoms in total. The van der Waals surface area contributed by atoms with Crippen LogP contribution in [0.25, 0.3) is 11.1 Å². The van der Waals surface area contributed by atoms with E-state index >= 15 is 0 Å². The second-order valence-corrected chi connectivity index (χ2v) is 19.3. The number of halogens is 4. The number of aromatic hydroxyl groups is 2. The van der Waals surface area contributed by atoms with Gasteiger partial charge in [0.2, 0.25) is 18.6 Å². The zero-order valence-corrected chi connectivity index (χ0v) is 43.1. The van der Waals surface area contributed by atoms with Crippen LogP contribution in [-0.4, -0.2) is 66.2 Å². The Morgan fingerprint density at radius 3 is 1.29 bits per heavy atom. The fraction of sp³-hybridized carbons (Fsp3) is 0.216. The second-order valence-electron chi connectivity index (χ2n) is 15.9. The summed E-state index contributed by atoms with van der Waals surface area (Å²) in [6, 6.07) is 33.7. The van der Waals surface area contributed by atoms with Crippen LogP contribution in [-0.2, 0) is 58.0 Å². The third kappa shape index (κ3) is 14.5. The number of hydrogen-bond acceptors (Lipinski definition) is 10. The Morgan fingerprint density at radius 2 is 0.899 bits per heavy atom. The van der Waals surface area contributed by atoms with Crippen LogP contribution in [0.1, 0.15) is 33.4 Å². The van der Waals surface area contributed by atoms with Crippen LogP contribution >= 0.6 is 63.7 Å². The van der Waals surface area contributed by atoms with E-state index in [0.717, 1.165) is 22.3 Å². The van der Waals surface area contributed by atoms with Gasteiger partial charge in [-0.05, 0) is 158 Å². The molecule has 6 aromatic rings. The summed E-state index contributed by atoms with van der Waals surface area (Å²) in [7, 11) is 0. The van der Waals surface area contributed by atoms with Gasteiger partial charge in [0.25, 0.3) is 0 Å². The van der Waals surface area contributed by atoms with Crippen molar-refractivity contribution in [3.05, 3.63) is 173 Å². The van der Waals surface area contributed by atoms with Crippen molar-refractivity contribution in [2.45, 2.75) is 51.0 Å². The molecule has 358 valence electrons. The summed E-state index contributed by atoms with van der Waals surface area (Å²) in [5.74, 6) is 0.215. The maximum absolute atomic E-state index is 13.9. The zero-order chi connectivity index (χ0) is 48.9. The topological polar surface area (TPSA) is 194 Å². The first kappa shape index (κ1) is 50.8. The van der Waals surface area contributed by atoms with Crippen molar-refractivity contribution < 1.29 is 48.3 Å².